The molecule has 0 unspecified atom stereocenters. The van der Waals surface area contributed by atoms with E-state index in [9.17, 15) is 9.59 Å². The number of carbonyl (C=O) groups excluding carboxylic acids is 1. The third-order valence-electron chi connectivity index (χ3n) is 5.25. The Kier molecular flexibility index (Phi) is 5.94. The minimum atomic E-state index is -0.436. The highest BCUT2D eigenvalue weighted by atomic mass is 16.5. The molecule has 0 bridgehead atoms. The van der Waals surface area contributed by atoms with E-state index in [1.807, 2.05) is 39.8 Å². The van der Waals surface area contributed by atoms with Gasteiger partial charge in [-0.05, 0) is 50.4 Å². The number of ether oxygens (including phenoxy) is 1. The lowest BCUT2D eigenvalue weighted by Gasteiger charge is -2.29. The van der Waals surface area contributed by atoms with E-state index in [-0.39, 0.29) is 23.7 Å². The molecule has 2 aromatic rings. The maximum Gasteiger partial charge on any atom is 0.339 e. The molecule has 5 heteroatoms. The average Bonchev–Trinajstić information content (AvgIpc) is 2.59. The van der Waals surface area contributed by atoms with Crippen LogP contribution in [-0.4, -0.2) is 36.9 Å². The number of Topliss-reactive ketones (excluding diaryl/α,β-unsaturated/α-hetero) is 1. The summed E-state index contributed by atoms with van der Waals surface area (Å²) >= 11 is 0. The van der Waals surface area contributed by atoms with Crippen molar-refractivity contribution >= 4 is 16.8 Å². The van der Waals surface area contributed by atoms with Crippen LogP contribution < -0.4 is 10.4 Å². The van der Waals surface area contributed by atoms with Crippen LogP contribution in [0.2, 0.25) is 0 Å². The van der Waals surface area contributed by atoms with E-state index < -0.39 is 5.63 Å². The van der Waals surface area contributed by atoms with Crippen LogP contribution in [0.15, 0.2) is 27.4 Å². The molecule has 152 valence electrons. The Morgan fingerprint density at radius 2 is 1.93 bits per heavy atom. The van der Waals surface area contributed by atoms with E-state index in [4.69, 9.17) is 9.15 Å². The maximum absolute atomic E-state index is 12.5. The number of fused-ring (bicyclic) bond motifs is 1. The zero-order valence-corrected chi connectivity index (χ0v) is 17.6. The summed E-state index contributed by atoms with van der Waals surface area (Å²) in [6.07, 6.45) is 2.72. The van der Waals surface area contributed by atoms with E-state index in [0.717, 1.165) is 42.6 Å². The van der Waals surface area contributed by atoms with Crippen LogP contribution in [0.4, 0.5) is 0 Å². The summed E-state index contributed by atoms with van der Waals surface area (Å²) in [4.78, 5) is 27.0. The summed E-state index contributed by atoms with van der Waals surface area (Å²) in [6, 6.07) is 5.64. The second-order valence-electron chi connectivity index (χ2n) is 9.24. The van der Waals surface area contributed by atoms with Gasteiger partial charge >= 0.3 is 5.63 Å². The summed E-state index contributed by atoms with van der Waals surface area (Å²) in [5.74, 6) is 0.819. The van der Waals surface area contributed by atoms with E-state index in [2.05, 4.69) is 11.9 Å². The lowest BCUT2D eigenvalue weighted by Crippen LogP contribution is -2.35. The normalized spacial score (nSPS) is 16.5. The monoisotopic (exact) mass is 385 g/mol. The van der Waals surface area contributed by atoms with Gasteiger partial charge < -0.3 is 14.1 Å². The fraction of sp³-hybridized carbons (Fsp3) is 0.565. The van der Waals surface area contributed by atoms with Crippen molar-refractivity contribution in [2.24, 2.45) is 5.41 Å². The predicted octanol–water partition coefficient (Wildman–Crippen LogP) is 4.12. The van der Waals surface area contributed by atoms with Gasteiger partial charge in [-0.1, -0.05) is 20.8 Å². The van der Waals surface area contributed by atoms with Crippen molar-refractivity contribution in [2.75, 3.05) is 20.1 Å². The zero-order valence-electron chi connectivity index (χ0n) is 17.6. The number of carbonyl (C=O) groups is 1. The smallest absolute Gasteiger partial charge is 0.339 e. The number of likely N-dealkylation sites (tertiary alicyclic amines) is 1. The zero-order chi connectivity index (χ0) is 20.5. The molecule has 2 heterocycles. The van der Waals surface area contributed by atoms with E-state index in [0.29, 0.717) is 17.6 Å². The third kappa shape index (κ3) is 5.02. The van der Waals surface area contributed by atoms with Gasteiger partial charge in [-0.15, -0.1) is 0 Å². The first-order chi connectivity index (χ1) is 13.1. The van der Waals surface area contributed by atoms with Crippen molar-refractivity contribution in [1.29, 1.82) is 0 Å². The van der Waals surface area contributed by atoms with Crippen molar-refractivity contribution in [3.8, 4) is 5.75 Å². The molecule has 1 aliphatic rings. The van der Waals surface area contributed by atoms with Gasteiger partial charge in [-0.25, -0.2) is 4.79 Å². The summed E-state index contributed by atoms with van der Waals surface area (Å²) in [7, 11) is 2.12. The molecule has 5 nitrogen and oxygen atoms in total. The Balaban J connectivity index is 1.82. The first-order valence-electron chi connectivity index (χ1n) is 10.1. The number of aryl methyl sites for hydroxylation is 1. The summed E-state index contributed by atoms with van der Waals surface area (Å²) in [6.45, 7) is 10.0. The van der Waals surface area contributed by atoms with Crippen LogP contribution in [0, 0.1) is 12.3 Å². The molecule has 1 aliphatic heterocycles. The largest absolute Gasteiger partial charge is 0.490 e. The number of benzene rings is 1. The quantitative estimate of drug-likeness (QED) is 0.725. The highest BCUT2D eigenvalue weighted by Gasteiger charge is 2.21. The van der Waals surface area contributed by atoms with Crippen LogP contribution in [0.1, 0.15) is 51.2 Å². The van der Waals surface area contributed by atoms with Gasteiger partial charge in [0.1, 0.15) is 23.2 Å². The molecule has 0 N–H and O–H groups in total. The van der Waals surface area contributed by atoms with Gasteiger partial charge in [0.2, 0.25) is 0 Å². The first-order valence-corrected chi connectivity index (χ1v) is 10.1. The van der Waals surface area contributed by atoms with Gasteiger partial charge in [-0.2, -0.15) is 0 Å². The Morgan fingerprint density at radius 3 is 2.57 bits per heavy atom. The fourth-order valence-corrected chi connectivity index (χ4v) is 3.75. The average molecular weight is 386 g/mol. The van der Waals surface area contributed by atoms with Gasteiger partial charge in [0, 0.05) is 42.4 Å². The van der Waals surface area contributed by atoms with Crippen LogP contribution in [0.5, 0.6) is 5.75 Å². The number of ketones is 1. The first kappa shape index (κ1) is 20.6. The number of hydrogen-bond donors (Lipinski definition) is 0. The van der Waals surface area contributed by atoms with Gasteiger partial charge in [0.05, 0.1) is 0 Å². The molecular formula is C23H31NO4. The minimum absolute atomic E-state index is 0.0538. The molecule has 0 spiro atoms. The third-order valence-corrected chi connectivity index (χ3v) is 5.25. The lowest BCUT2D eigenvalue weighted by molar-refractivity contribution is -0.120. The number of nitrogens with zero attached hydrogens (tertiary/aromatic N) is 1. The minimum Gasteiger partial charge on any atom is -0.490 e. The number of hydrogen-bond acceptors (Lipinski definition) is 5. The van der Waals surface area contributed by atoms with Crippen LogP contribution in [0.3, 0.4) is 0 Å². The molecule has 0 radical (unpaired) electrons. The van der Waals surface area contributed by atoms with Gasteiger partial charge in [-0.3, -0.25) is 4.79 Å². The molecule has 0 amide bonds. The topological polar surface area (TPSA) is 59.8 Å². The maximum atomic E-state index is 12.5. The molecule has 0 aliphatic carbocycles. The van der Waals surface area contributed by atoms with Gasteiger partial charge in [0.15, 0.2) is 0 Å². The van der Waals surface area contributed by atoms with Crippen molar-refractivity contribution in [3.63, 3.8) is 0 Å². The Hall–Kier alpha value is -2.14. The van der Waals surface area contributed by atoms with E-state index in [1.165, 1.54) is 0 Å². The summed E-state index contributed by atoms with van der Waals surface area (Å²) in [5, 5.41) is 0.825. The van der Waals surface area contributed by atoms with Crippen molar-refractivity contribution in [1.82, 2.24) is 4.90 Å². The number of rotatable bonds is 5. The SMILES string of the molecule is Cc1c(OC2CCN(C)CC2)ccc2cc(CC(=O)CC(C)(C)C)c(=O)oc12. The highest BCUT2D eigenvalue weighted by molar-refractivity contribution is 5.85. The van der Waals surface area contributed by atoms with Crippen molar-refractivity contribution in [2.45, 2.75) is 59.5 Å². The molecule has 1 fully saturated rings. The fourth-order valence-electron chi connectivity index (χ4n) is 3.75. The lowest BCUT2D eigenvalue weighted by atomic mass is 9.88. The second-order valence-corrected chi connectivity index (χ2v) is 9.24. The van der Waals surface area contributed by atoms with E-state index in [1.54, 1.807) is 6.07 Å². The number of piperidine rings is 1. The molecular weight excluding hydrogens is 354 g/mol. The molecule has 0 atom stereocenters. The standard InChI is InChI=1S/C23H31NO4/c1-15-20(27-19-8-10-24(5)11-9-19)7-6-16-12-17(22(26)28-21(15)16)13-18(25)14-23(2,3)4/h6-7,12,19H,8-11,13-14H2,1-5H3. The predicted molar refractivity (Wildman–Crippen MR) is 111 cm³/mol. The second kappa shape index (κ2) is 8.08. The van der Waals surface area contributed by atoms with Gasteiger partial charge in [0.25, 0.3) is 0 Å². The molecule has 0 saturated carbocycles. The van der Waals surface area contributed by atoms with Crippen molar-refractivity contribution < 1.29 is 13.9 Å². The van der Waals surface area contributed by atoms with Crippen LogP contribution in [-0.2, 0) is 11.2 Å². The Bertz CT molecular complexity index is 915. The van der Waals surface area contributed by atoms with Crippen LogP contribution in [0.25, 0.3) is 11.0 Å². The summed E-state index contributed by atoms with van der Waals surface area (Å²) < 4.78 is 11.8. The molecule has 28 heavy (non-hydrogen) atoms. The summed E-state index contributed by atoms with van der Waals surface area (Å²) in [5.41, 5.74) is 1.27. The molecule has 3 rings (SSSR count). The Labute approximate surface area is 166 Å². The molecule has 1 aromatic heterocycles. The Morgan fingerprint density at radius 1 is 1.25 bits per heavy atom. The van der Waals surface area contributed by atoms with Crippen molar-refractivity contribution in [3.05, 3.63) is 39.7 Å². The van der Waals surface area contributed by atoms with Crippen LogP contribution >= 0.6 is 0 Å². The van der Waals surface area contributed by atoms with E-state index >= 15 is 0 Å². The molecule has 1 aromatic carbocycles. The molecule has 1 saturated heterocycles. The highest BCUT2D eigenvalue weighted by Crippen LogP contribution is 2.29.